The number of rotatable bonds is 3. The fourth-order valence-electron chi connectivity index (χ4n) is 1.93. The summed E-state index contributed by atoms with van der Waals surface area (Å²) < 4.78 is 0. The van der Waals surface area contributed by atoms with Gasteiger partial charge in [-0.3, -0.25) is 0 Å². The van der Waals surface area contributed by atoms with Gasteiger partial charge in [0, 0.05) is 10.9 Å². The van der Waals surface area contributed by atoms with Crippen LogP contribution in [0.4, 0.5) is 0 Å². The third kappa shape index (κ3) is 2.31. The molecule has 0 radical (unpaired) electrons. The molecule has 1 aliphatic heterocycles. The van der Waals surface area contributed by atoms with Crippen molar-refractivity contribution < 1.29 is 0 Å². The Labute approximate surface area is 90.3 Å². The van der Waals surface area contributed by atoms with Crippen molar-refractivity contribution in [3.63, 3.8) is 0 Å². The highest BCUT2D eigenvalue weighted by Crippen LogP contribution is 2.25. The SMILES string of the molecule is CCSc1ccc([C@H]2CCCN2)cc1. The summed E-state index contributed by atoms with van der Waals surface area (Å²) >= 11 is 1.91. The first kappa shape index (κ1) is 10.1. The third-order valence-electron chi connectivity index (χ3n) is 2.65. The monoisotopic (exact) mass is 207 g/mol. The van der Waals surface area contributed by atoms with E-state index in [0.29, 0.717) is 6.04 Å². The summed E-state index contributed by atoms with van der Waals surface area (Å²) in [7, 11) is 0. The molecule has 0 aliphatic carbocycles. The highest BCUT2D eigenvalue weighted by atomic mass is 32.2. The lowest BCUT2D eigenvalue weighted by molar-refractivity contribution is 0.647. The minimum Gasteiger partial charge on any atom is -0.310 e. The summed E-state index contributed by atoms with van der Waals surface area (Å²) in [5.41, 5.74) is 1.45. The number of thioether (sulfide) groups is 1. The molecule has 1 atom stereocenters. The van der Waals surface area contributed by atoms with E-state index in [4.69, 9.17) is 0 Å². The van der Waals surface area contributed by atoms with Gasteiger partial charge in [0.05, 0.1) is 0 Å². The van der Waals surface area contributed by atoms with Crippen LogP contribution in [0.25, 0.3) is 0 Å². The average Bonchev–Trinajstić information content (AvgIpc) is 2.72. The quantitative estimate of drug-likeness (QED) is 0.764. The first-order valence-corrected chi connectivity index (χ1v) is 6.35. The van der Waals surface area contributed by atoms with Crippen molar-refractivity contribution in [2.75, 3.05) is 12.3 Å². The van der Waals surface area contributed by atoms with Crippen LogP contribution in [-0.2, 0) is 0 Å². The molecule has 1 saturated heterocycles. The number of hydrogen-bond donors (Lipinski definition) is 1. The van der Waals surface area contributed by atoms with Crippen molar-refractivity contribution in [2.45, 2.75) is 30.7 Å². The molecule has 2 heteroatoms. The van der Waals surface area contributed by atoms with Crippen LogP contribution < -0.4 is 5.32 Å². The molecule has 1 fully saturated rings. The van der Waals surface area contributed by atoms with E-state index in [2.05, 4.69) is 36.5 Å². The van der Waals surface area contributed by atoms with Crippen LogP contribution in [0, 0.1) is 0 Å². The molecule has 1 aromatic rings. The number of nitrogens with one attached hydrogen (secondary N) is 1. The Hall–Kier alpha value is -0.470. The zero-order valence-corrected chi connectivity index (χ0v) is 9.44. The van der Waals surface area contributed by atoms with Crippen molar-refractivity contribution in [1.82, 2.24) is 5.32 Å². The van der Waals surface area contributed by atoms with Crippen LogP contribution in [0.3, 0.4) is 0 Å². The normalized spacial score (nSPS) is 21.4. The van der Waals surface area contributed by atoms with E-state index < -0.39 is 0 Å². The third-order valence-corrected chi connectivity index (χ3v) is 3.55. The van der Waals surface area contributed by atoms with Gasteiger partial charge in [-0.1, -0.05) is 19.1 Å². The molecule has 1 nitrogen and oxygen atoms in total. The Balaban J connectivity index is 2.05. The molecular weight excluding hydrogens is 190 g/mol. The van der Waals surface area contributed by atoms with Crippen LogP contribution in [0.15, 0.2) is 29.2 Å². The van der Waals surface area contributed by atoms with Crippen molar-refractivity contribution in [3.05, 3.63) is 29.8 Å². The van der Waals surface area contributed by atoms with Gasteiger partial charge in [-0.25, -0.2) is 0 Å². The Morgan fingerprint density at radius 1 is 1.36 bits per heavy atom. The van der Waals surface area contributed by atoms with Gasteiger partial charge in [0.1, 0.15) is 0 Å². The lowest BCUT2D eigenvalue weighted by atomic mass is 10.1. The molecule has 0 spiro atoms. The van der Waals surface area contributed by atoms with Gasteiger partial charge in [0.25, 0.3) is 0 Å². The molecule has 0 amide bonds. The van der Waals surface area contributed by atoms with Crippen LogP contribution in [0.5, 0.6) is 0 Å². The van der Waals surface area contributed by atoms with Crippen LogP contribution in [0.2, 0.25) is 0 Å². The van der Waals surface area contributed by atoms with Gasteiger partial charge in [0.2, 0.25) is 0 Å². The Bertz CT molecular complexity index is 275. The fraction of sp³-hybridized carbons (Fsp3) is 0.500. The van der Waals surface area contributed by atoms with E-state index in [1.54, 1.807) is 0 Å². The van der Waals surface area contributed by atoms with E-state index in [-0.39, 0.29) is 0 Å². The minimum atomic E-state index is 0.607. The Morgan fingerprint density at radius 3 is 2.71 bits per heavy atom. The molecule has 76 valence electrons. The second-order valence-corrected chi connectivity index (χ2v) is 4.99. The van der Waals surface area contributed by atoms with E-state index in [1.807, 2.05) is 11.8 Å². The Kier molecular flexibility index (Phi) is 3.49. The van der Waals surface area contributed by atoms with Crippen LogP contribution in [0.1, 0.15) is 31.4 Å². The highest BCUT2D eigenvalue weighted by Gasteiger charge is 2.15. The second kappa shape index (κ2) is 4.85. The van der Waals surface area contributed by atoms with E-state index in [0.717, 1.165) is 5.75 Å². The van der Waals surface area contributed by atoms with Crippen molar-refractivity contribution in [1.29, 1.82) is 0 Å². The fourth-order valence-corrected chi connectivity index (χ4v) is 2.59. The zero-order chi connectivity index (χ0) is 9.80. The molecule has 0 aromatic heterocycles. The summed E-state index contributed by atoms with van der Waals surface area (Å²) in [6.45, 7) is 3.37. The van der Waals surface area contributed by atoms with Gasteiger partial charge in [-0.05, 0) is 42.8 Å². The average molecular weight is 207 g/mol. The maximum absolute atomic E-state index is 3.52. The molecule has 0 unspecified atom stereocenters. The molecule has 1 N–H and O–H groups in total. The maximum Gasteiger partial charge on any atom is 0.0320 e. The number of hydrogen-bond acceptors (Lipinski definition) is 2. The standard InChI is InChI=1S/C12H17NS/c1-2-14-11-7-5-10(6-8-11)12-4-3-9-13-12/h5-8,12-13H,2-4,9H2,1H3/t12-/m1/s1. The predicted molar refractivity (Wildman–Crippen MR) is 62.8 cm³/mol. The van der Waals surface area contributed by atoms with E-state index >= 15 is 0 Å². The van der Waals surface area contributed by atoms with Crippen LogP contribution >= 0.6 is 11.8 Å². The molecule has 1 aromatic carbocycles. The summed E-state index contributed by atoms with van der Waals surface area (Å²) in [4.78, 5) is 1.38. The maximum atomic E-state index is 3.52. The predicted octanol–water partition coefficient (Wildman–Crippen LogP) is 3.22. The summed E-state index contributed by atoms with van der Waals surface area (Å²) in [6.07, 6.45) is 2.61. The molecule has 14 heavy (non-hydrogen) atoms. The first-order valence-electron chi connectivity index (χ1n) is 5.36. The van der Waals surface area contributed by atoms with Crippen LogP contribution in [-0.4, -0.2) is 12.3 Å². The largest absolute Gasteiger partial charge is 0.310 e. The van der Waals surface area contributed by atoms with E-state index in [9.17, 15) is 0 Å². The highest BCUT2D eigenvalue weighted by molar-refractivity contribution is 7.99. The molecule has 1 aliphatic rings. The number of benzene rings is 1. The summed E-state index contributed by atoms with van der Waals surface area (Å²) in [6, 6.07) is 9.62. The van der Waals surface area contributed by atoms with Crippen molar-refractivity contribution in [3.8, 4) is 0 Å². The topological polar surface area (TPSA) is 12.0 Å². The first-order chi connectivity index (χ1) is 6.90. The molecule has 0 bridgehead atoms. The molecular formula is C12H17NS. The van der Waals surface area contributed by atoms with Gasteiger partial charge in [-0.15, -0.1) is 11.8 Å². The van der Waals surface area contributed by atoms with E-state index in [1.165, 1.54) is 29.8 Å². The zero-order valence-electron chi connectivity index (χ0n) is 8.62. The van der Waals surface area contributed by atoms with Crippen molar-refractivity contribution >= 4 is 11.8 Å². The summed E-state index contributed by atoms with van der Waals surface area (Å²) in [5, 5.41) is 3.52. The lowest BCUT2D eigenvalue weighted by Gasteiger charge is -2.10. The van der Waals surface area contributed by atoms with Gasteiger partial charge < -0.3 is 5.32 Å². The molecule has 2 rings (SSSR count). The van der Waals surface area contributed by atoms with Gasteiger partial charge in [-0.2, -0.15) is 0 Å². The smallest absolute Gasteiger partial charge is 0.0320 e. The van der Waals surface area contributed by atoms with Gasteiger partial charge >= 0.3 is 0 Å². The van der Waals surface area contributed by atoms with Gasteiger partial charge in [0.15, 0.2) is 0 Å². The molecule has 1 heterocycles. The second-order valence-electron chi connectivity index (χ2n) is 3.65. The Morgan fingerprint density at radius 2 is 2.14 bits per heavy atom. The summed E-state index contributed by atoms with van der Waals surface area (Å²) in [5.74, 6) is 1.15. The molecule has 0 saturated carbocycles. The lowest BCUT2D eigenvalue weighted by Crippen LogP contribution is -2.12. The van der Waals surface area contributed by atoms with Crippen molar-refractivity contribution in [2.24, 2.45) is 0 Å². The minimum absolute atomic E-state index is 0.607.